The molecule has 2 heterocycles. The van der Waals surface area contributed by atoms with Gasteiger partial charge in [-0.2, -0.15) is 0 Å². The summed E-state index contributed by atoms with van der Waals surface area (Å²) < 4.78 is 5.16. The third-order valence-electron chi connectivity index (χ3n) is 12.1. The minimum atomic E-state index is -0.112. The molecule has 5 nitrogen and oxygen atoms in total. The molecule has 0 spiro atoms. The number of ether oxygens (including phenoxy) is 1. The summed E-state index contributed by atoms with van der Waals surface area (Å²) in [7, 11) is 1.66. The molecule has 5 heteroatoms. The number of hydrogen-bond donors (Lipinski definition) is 0. The quantitative estimate of drug-likeness (QED) is 0.179. The lowest BCUT2D eigenvalue weighted by molar-refractivity contribution is 0.419. The van der Waals surface area contributed by atoms with Gasteiger partial charge in [0.05, 0.1) is 7.11 Å². The highest BCUT2D eigenvalue weighted by Crippen LogP contribution is 2.51. The van der Waals surface area contributed by atoms with Gasteiger partial charge >= 0.3 is 0 Å². The van der Waals surface area contributed by atoms with Crippen molar-refractivity contribution < 1.29 is 4.74 Å². The van der Waals surface area contributed by atoms with Crippen molar-refractivity contribution in [2.75, 3.05) is 7.11 Å². The zero-order valence-corrected chi connectivity index (χ0v) is 33.3. The normalized spacial score (nSPS) is 13.9. The van der Waals surface area contributed by atoms with Crippen LogP contribution in [0.4, 0.5) is 0 Å². The largest absolute Gasteiger partial charge is 0.494 e. The van der Waals surface area contributed by atoms with Gasteiger partial charge in [0.15, 0.2) is 17.5 Å². The molecule has 0 saturated heterocycles. The SMILES string of the molecule is CC1(C)c2ccccc2-c2ccc(-c3nc(-c4ccc5c(c4)C(C)(C)c4ccccc4-5)nc(-c4ccc5ccccc5c4)n3)cc21.COc1cccc2cccnc12. The molecule has 2 aliphatic carbocycles. The summed E-state index contributed by atoms with van der Waals surface area (Å²) in [6.07, 6.45) is 1.77. The second kappa shape index (κ2) is 13.6. The molecule has 0 bridgehead atoms. The van der Waals surface area contributed by atoms with E-state index in [-0.39, 0.29) is 10.8 Å². The summed E-state index contributed by atoms with van der Waals surface area (Å²) in [4.78, 5) is 19.7. The molecule has 0 radical (unpaired) electrons. The fraction of sp³-hybridized carbons (Fsp3) is 0.132. The van der Waals surface area contributed by atoms with Gasteiger partial charge in [-0.25, -0.2) is 15.0 Å². The Labute approximate surface area is 339 Å². The van der Waals surface area contributed by atoms with Crippen LogP contribution in [-0.2, 0) is 10.8 Å². The predicted molar refractivity (Wildman–Crippen MR) is 237 cm³/mol. The highest BCUT2D eigenvalue weighted by molar-refractivity contribution is 5.88. The Balaban J connectivity index is 0.000000291. The van der Waals surface area contributed by atoms with Gasteiger partial charge in [0.1, 0.15) is 11.3 Å². The number of fused-ring (bicyclic) bond motifs is 8. The summed E-state index contributed by atoms with van der Waals surface area (Å²) >= 11 is 0. The van der Waals surface area contributed by atoms with Gasteiger partial charge in [-0.05, 0) is 85.6 Å². The van der Waals surface area contributed by atoms with E-state index in [4.69, 9.17) is 19.7 Å². The number of methoxy groups -OCH3 is 1. The zero-order valence-electron chi connectivity index (χ0n) is 33.3. The van der Waals surface area contributed by atoms with Gasteiger partial charge in [-0.3, -0.25) is 4.98 Å². The van der Waals surface area contributed by atoms with Gasteiger partial charge in [0.2, 0.25) is 0 Å². The summed E-state index contributed by atoms with van der Waals surface area (Å²) in [5.41, 5.74) is 14.2. The average Bonchev–Trinajstić information content (AvgIpc) is 3.65. The molecule has 0 amide bonds. The van der Waals surface area contributed by atoms with Gasteiger partial charge < -0.3 is 4.74 Å². The molecule has 2 aliphatic rings. The second-order valence-electron chi connectivity index (χ2n) is 16.3. The summed E-state index contributed by atoms with van der Waals surface area (Å²) in [6.45, 7) is 9.24. The van der Waals surface area contributed by atoms with Crippen LogP contribution in [0.25, 0.3) is 78.1 Å². The van der Waals surface area contributed by atoms with Gasteiger partial charge in [0.25, 0.3) is 0 Å². The van der Waals surface area contributed by atoms with Crippen LogP contribution in [0.1, 0.15) is 49.9 Å². The molecule has 0 unspecified atom stereocenters. The number of benzene rings is 7. The number of aromatic nitrogens is 4. The first-order chi connectivity index (χ1) is 28.2. The van der Waals surface area contributed by atoms with E-state index in [0.717, 1.165) is 38.7 Å². The molecular formula is C53H42N4O. The molecule has 0 fully saturated rings. The fourth-order valence-corrected chi connectivity index (χ4v) is 9.02. The number of rotatable bonds is 4. The number of hydrogen-bond acceptors (Lipinski definition) is 5. The highest BCUT2D eigenvalue weighted by atomic mass is 16.5. The first-order valence-electron chi connectivity index (χ1n) is 19.8. The molecule has 280 valence electrons. The molecule has 11 rings (SSSR count). The van der Waals surface area contributed by atoms with E-state index < -0.39 is 0 Å². The van der Waals surface area contributed by atoms with E-state index in [2.05, 4.69) is 160 Å². The first-order valence-corrected chi connectivity index (χ1v) is 19.8. The van der Waals surface area contributed by atoms with Crippen molar-refractivity contribution in [3.8, 4) is 62.2 Å². The van der Waals surface area contributed by atoms with Crippen LogP contribution >= 0.6 is 0 Å². The van der Waals surface area contributed by atoms with Crippen LogP contribution in [0.15, 0.2) is 164 Å². The van der Waals surface area contributed by atoms with E-state index >= 15 is 0 Å². The Bertz CT molecular complexity index is 2940. The maximum Gasteiger partial charge on any atom is 0.164 e. The van der Waals surface area contributed by atoms with Crippen LogP contribution in [0.3, 0.4) is 0 Å². The van der Waals surface area contributed by atoms with E-state index in [0.29, 0.717) is 17.5 Å². The number of para-hydroxylation sites is 1. The molecular weight excluding hydrogens is 709 g/mol. The average molecular weight is 751 g/mol. The van der Waals surface area contributed by atoms with Crippen LogP contribution in [0, 0.1) is 0 Å². The van der Waals surface area contributed by atoms with Crippen molar-refractivity contribution in [1.82, 2.24) is 19.9 Å². The third-order valence-corrected chi connectivity index (χ3v) is 12.1. The number of pyridine rings is 1. The Morgan fingerprint density at radius 2 is 0.862 bits per heavy atom. The fourth-order valence-electron chi connectivity index (χ4n) is 9.02. The lowest BCUT2D eigenvalue weighted by Crippen LogP contribution is -2.15. The van der Waals surface area contributed by atoms with Crippen molar-refractivity contribution >= 4 is 21.7 Å². The van der Waals surface area contributed by atoms with Gasteiger partial charge in [-0.15, -0.1) is 0 Å². The van der Waals surface area contributed by atoms with Crippen molar-refractivity contribution in [1.29, 1.82) is 0 Å². The molecule has 0 saturated carbocycles. The number of nitrogens with zero attached hydrogens (tertiary/aromatic N) is 4. The first kappa shape index (κ1) is 35.4. The van der Waals surface area contributed by atoms with Crippen molar-refractivity contribution in [2.24, 2.45) is 0 Å². The highest BCUT2D eigenvalue weighted by Gasteiger charge is 2.37. The topological polar surface area (TPSA) is 60.8 Å². The van der Waals surface area contributed by atoms with Crippen LogP contribution in [0.5, 0.6) is 5.75 Å². The van der Waals surface area contributed by atoms with E-state index in [1.807, 2.05) is 30.3 Å². The van der Waals surface area contributed by atoms with Crippen LogP contribution in [0.2, 0.25) is 0 Å². The van der Waals surface area contributed by atoms with E-state index in [1.54, 1.807) is 13.3 Å². The third kappa shape index (κ3) is 5.77. The molecule has 58 heavy (non-hydrogen) atoms. The maximum absolute atomic E-state index is 5.18. The molecule has 0 aliphatic heterocycles. The van der Waals surface area contributed by atoms with Gasteiger partial charge in [0, 0.05) is 39.1 Å². The second-order valence-corrected chi connectivity index (χ2v) is 16.3. The van der Waals surface area contributed by atoms with Crippen LogP contribution in [-0.4, -0.2) is 27.0 Å². The molecule has 9 aromatic rings. The summed E-state index contributed by atoms with van der Waals surface area (Å²) in [6, 6.07) is 55.6. The summed E-state index contributed by atoms with van der Waals surface area (Å²) in [5, 5.41) is 3.47. The lowest BCUT2D eigenvalue weighted by atomic mass is 9.82. The minimum Gasteiger partial charge on any atom is -0.494 e. The molecule has 0 atom stereocenters. The predicted octanol–water partition coefficient (Wildman–Crippen LogP) is 12.9. The lowest BCUT2D eigenvalue weighted by Gasteiger charge is -2.22. The van der Waals surface area contributed by atoms with Crippen molar-refractivity contribution in [2.45, 2.75) is 38.5 Å². The standard InChI is InChI=1S/C43H33N3.C10H9NO/c1-42(2)35-15-9-7-13-31(35)33-21-19-29(24-37(33)42)40-44-39(28-18-17-26-11-5-6-12-27(26)23-28)45-41(46-40)30-20-22-34-32-14-8-10-16-36(32)43(3,4)38(34)25-30;1-12-9-6-2-4-8-5-3-7-11-10(8)9/h5-25H,1-4H3;2-7H,1H3. The van der Waals surface area contributed by atoms with Crippen molar-refractivity contribution in [3.63, 3.8) is 0 Å². The Morgan fingerprint density at radius 1 is 0.397 bits per heavy atom. The van der Waals surface area contributed by atoms with E-state index in [1.165, 1.54) is 49.9 Å². The van der Waals surface area contributed by atoms with E-state index in [9.17, 15) is 0 Å². The monoisotopic (exact) mass is 750 g/mol. The Hall–Kier alpha value is -6.98. The van der Waals surface area contributed by atoms with Crippen LogP contribution < -0.4 is 4.74 Å². The summed E-state index contributed by atoms with van der Waals surface area (Å²) in [5.74, 6) is 2.88. The Morgan fingerprint density at radius 3 is 1.45 bits per heavy atom. The van der Waals surface area contributed by atoms with Gasteiger partial charge in [-0.1, -0.05) is 155 Å². The zero-order chi connectivity index (χ0) is 39.6. The smallest absolute Gasteiger partial charge is 0.164 e. The Kier molecular flexibility index (Phi) is 8.31. The van der Waals surface area contributed by atoms with Crippen molar-refractivity contribution in [3.05, 3.63) is 186 Å². The molecule has 7 aromatic carbocycles. The molecule has 0 N–H and O–H groups in total. The minimum absolute atomic E-state index is 0.112. The maximum atomic E-state index is 5.18. The molecule has 2 aromatic heterocycles.